The maximum Gasteiger partial charge on any atom is 0.126 e. The van der Waals surface area contributed by atoms with Gasteiger partial charge in [-0.3, -0.25) is 0 Å². The van der Waals surface area contributed by atoms with E-state index in [1.165, 1.54) is 5.56 Å². The highest BCUT2D eigenvalue weighted by Crippen LogP contribution is 2.38. The highest BCUT2D eigenvalue weighted by molar-refractivity contribution is 9.10. The summed E-state index contributed by atoms with van der Waals surface area (Å²) in [4.78, 5) is 0. The van der Waals surface area contributed by atoms with E-state index in [9.17, 15) is 0 Å². The average molecular weight is 344 g/mol. The van der Waals surface area contributed by atoms with Crippen LogP contribution in [0.1, 0.15) is 22.7 Å². The second-order valence-corrected chi connectivity index (χ2v) is 5.85. The van der Waals surface area contributed by atoms with Crippen molar-refractivity contribution in [2.75, 3.05) is 34.0 Å². The van der Waals surface area contributed by atoms with Crippen LogP contribution < -0.4 is 10.1 Å². The van der Waals surface area contributed by atoms with E-state index in [1.54, 1.807) is 7.11 Å². The van der Waals surface area contributed by atoms with E-state index >= 15 is 0 Å². The molecule has 2 rings (SSSR count). The van der Waals surface area contributed by atoms with E-state index in [4.69, 9.17) is 14.2 Å². The maximum absolute atomic E-state index is 5.86. The average Bonchev–Trinajstić information content (AvgIpc) is 2.46. The molecule has 1 N–H and O–H groups in total. The summed E-state index contributed by atoms with van der Waals surface area (Å²) in [6.07, 6.45) is -0.00458. The summed E-state index contributed by atoms with van der Waals surface area (Å²) in [6.45, 7) is 6.05. The van der Waals surface area contributed by atoms with Gasteiger partial charge >= 0.3 is 0 Å². The molecular weight excluding hydrogens is 322 g/mol. The fourth-order valence-electron chi connectivity index (χ4n) is 2.74. The highest BCUT2D eigenvalue weighted by Gasteiger charge is 2.30. The number of aryl methyl sites for hydroxylation is 1. The van der Waals surface area contributed by atoms with Crippen molar-refractivity contribution in [1.82, 2.24) is 5.32 Å². The van der Waals surface area contributed by atoms with Crippen LogP contribution >= 0.6 is 15.9 Å². The number of halogens is 1. The van der Waals surface area contributed by atoms with Crippen LogP contribution in [0.2, 0.25) is 0 Å². The van der Waals surface area contributed by atoms with Crippen molar-refractivity contribution in [2.45, 2.75) is 26.0 Å². The molecule has 0 saturated carbocycles. The van der Waals surface area contributed by atoms with E-state index in [1.807, 2.05) is 7.05 Å². The van der Waals surface area contributed by atoms with Crippen molar-refractivity contribution in [3.8, 4) is 5.75 Å². The van der Waals surface area contributed by atoms with E-state index in [0.29, 0.717) is 19.8 Å². The molecule has 1 aliphatic heterocycles. The standard InChI is InChI=1S/C15H22BrNO3/c1-9-7-11(16)10(2)13(15(9)18-4)14(17-3)12-8-19-5-6-20-12/h7,12,14,17H,5-6,8H2,1-4H3. The Hall–Kier alpha value is -0.620. The lowest BCUT2D eigenvalue weighted by Crippen LogP contribution is -2.40. The van der Waals surface area contributed by atoms with Gasteiger partial charge in [0.25, 0.3) is 0 Å². The third kappa shape index (κ3) is 3.01. The number of rotatable bonds is 4. The Bertz CT molecular complexity index is 473. The fraction of sp³-hybridized carbons (Fsp3) is 0.600. The van der Waals surface area contributed by atoms with Crippen molar-refractivity contribution in [2.24, 2.45) is 0 Å². The number of hydrogen-bond acceptors (Lipinski definition) is 4. The number of benzene rings is 1. The van der Waals surface area contributed by atoms with E-state index in [-0.39, 0.29) is 12.1 Å². The normalized spacial score (nSPS) is 20.8. The number of likely N-dealkylation sites (N-methyl/N-ethyl adjacent to an activating group) is 1. The van der Waals surface area contributed by atoms with Crippen LogP contribution in [0, 0.1) is 13.8 Å². The molecule has 1 saturated heterocycles. The van der Waals surface area contributed by atoms with Crippen LogP contribution in [0.3, 0.4) is 0 Å². The van der Waals surface area contributed by atoms with Gasteiger partial charge < -0.3 is 19.5 Å². The molecule has 0 spiro atoms. The molecule has 2 atom stereocenters. The number of nitrogens with one attached hydrogen (secondary N) is 1. The summed E-state index contributed by atoms with van der Waals surface area (Å²) in [6, 6.07) is 2.13. The molecule has 1 fully saturated rings. The first kappa shape index (κ1) is 15.8. The molecule has 0 radical (unpaired) electrons. The molecule has 1 aliphatic rings. The summed E-state index contributed by atoms with van der Waals surface area (Å²) in [5.74, 6) is 0.916. The SMILES string of the molecule is CNC(c1c(C)c(Br)cc(C)c1OC)C1COCCO1. The van der Waals surface area contributed by atoms with Gasteiger partial charge in [-0.1, -0.05) is 15.9 Å². The quantitative estimate of drug-likeness (QED) is 0.912. The molecule has 0 aliphatic carbocycles. The highest BCUT2D eigenvalue weighted by atomic mass is 79.9. The summed E-state index contributed by atoms with van der Waals surface area (Å²) in [7, 11) is 3.65. The Morgan fingerprint density at radius 3 is 2.70 bits per heavy atom. The van der Waals surface area contributed by atoms with Gasteiger partial charge in [0.2, 0.25) is 0 Å². The third-order valence-electron chi connectivity index (χ3n) is 3.75. The minimum atomic E-state index is -0.00458. The second kappa shape index (κ2) is 6.89. The van der Waals surface area contributed by atoms with Crippen LogP contribution in [0.15, 0.2) is 10.5 Å². The van der Waals surface area contributed by atoms with Crippen LogP contribution in [0.4, 0.5) is 0 Å². The second-order valence-electron chi connectivity index (χ2n) is 5.00. The van der Waals surface area contributed by atoms with E-state index in [0.717, 1.165) is 21.3 Å². The molecule has 2 unspecified atom stereocenters. The minimum absolute atomic E-state index is 0.00458. The Balaban J connectivity index is 2.47. The van der Waals surface area contributed by atoms with E-state index in [2.05, 4.69) is 41.2 Å². The smallest absolute Gasteiger partial charge is 0.126 e. The third-order valence-corrected chi connectivity index (χ3v) is 4.57. The fourth-order valence-corrected chi connectivity index (χ4v) is 3.29. The zero-order valence-corrected chi connectivity index (χ0v) is 14.0. The van der Waals surface area contributed by atoms with Gasteiger partial charge in [-0.2, -0.15) is 0 Å². The van der Waals surface area contributed by atoms with Gasteiger partial charge in [0.05, 0.1) is 33.0 Å². The Morgan fingerprint density at radius 2 is 2.15 bits per heavy atom. The zero-order valence-electron chi connectivity index (χ0n) is 12.5. The predicted octanol–water partition coefficient (Wildman–Crippen LogP) is 2.75. The summed E-state index contributed by atoms with van der Waals surface area (Å²) in [5, 5.41) is 3.35. The molecule has 1 aromatic carbocycles. The van der Waals surface area contributed by atoms with Crippen molar-refractivity contribution < 1.29 is 14.2 Å². The van der Waals surface area contributed by atoms with Gasteiger partial charge in [0, 0.05) is 10.0 Å². The first-order valence-electron chi connectivity index (χ1n) is 6.80. The van der Waals surface area contributed by atoms with Crippen LogP contribution in [-0.2, 0) is 9.47 Å². The number of methoxy groups -OCH3 is 1. The van der Waals surface area contributed by atoms with Gasteiger partial charge in [-0.25, -0.2) is 0 Å². The van der Waals surface area contributed by atoms with Crippen molar-refractivity contribution in [3.05, 3.63) is 27.2 Å². The monoisotopic (exact) mass is 343 g/mol. The molecule has 0 bridgehead atoms. The van der Waals surface area contributed by atoms with Gasteiger partial charge in [-0.05, 0) is 38.1 Å². The molecule has 0 aromatic heterocycles. The summed E-state index contributed by atoms with van der Waals surface area (Å²) in [5.41, 5.74) is 3.41. The Labute approximate surface area is 128 Å². The summed E-state index contributed by atoms with van der Waals surface area (Å²) < 4.78 is 18.1. The molecule has 5 heteroatoms. The van der Waals surface area contributed by atoms with Gasteiger partial charge in [-0.15, -0.1) is 0 Å². The minimum Gasteiger partial charge on any atom is -0.496 e. The topological polar surface area (TPSA) is 39.7 Å². The summed E-state index contributed by atoms with van der Waals surface area (Å²) >= 11 is 3.63. The lowest BCUT2D eigenvalue weighted by atomic mass is 9.93. The Kier molecular flexibility index (Phi) is 5.43. The molecule has 4 nitrogen and oxygen atoms in total. The van der Waals surface area contributed by atoms with Crippen LogP contribution in [0.25, 0.3) is 0 Å². The zero-order chi connectivity index (χ0) is 14.7. The number of hydrogen-bond donors (Lipinski definition) is 1. The van der Waals surface area contributed by atoms with Crippen LogP contribution in [0.5, 0.6) is 5.75 Å². The molecule has 1 aromatic rings. The molecule has 20 heavy (non-hydrogen) atoms. The van der Waals surface area contributed by atoms with Crippen molar-refractivity contribution in [3.63, 3.8) is 0 Å². The largest absolute Gasteiger partial charge is 0.496 e. The lowest BCUT2D eigenvalue weighted by Gasteiger charge is -2.32. The Morgan fingerprint density at radius 1 is 1.40 bits per heavy atom. The predicted molar refractivity (Wildman–Crippen MR) is 82.5 cm³/mol. The molecular formula is C15H22BrNO3. The van der Waals surface area contributed by atoms with Crippen molar-refractivity contribution >= 4 is 15.9 Å². The van der Waals surface area contributed by atoms with Crippen molar-refractivity contribution in [1.29, 1.82) is 0 Å². The number of ether oxygens (including phenoxy) is 3. The van der Waals surface area contributed by atoms with Gasteiger partial charge in [0.15, 0.2) is 0 Å². The van der Waals surface area contributed by atoms with Crippen LogP contribution in [-0.4, -0.2) is 40.1 Å². The first-order chi connectivity index (χ1) is 9.60. The van der Waals surface area contributed by atoms with E-state index < -0.39 is 0 Å². The molecule has 0 amide bonds. The van der Waals surface area contributed by atoms with Gasteiger partial charge in [0.1, 0.15) is 11.9 Å². The first-order valence-corrected chi connectivity index (χ1v) is 7.59. The maximum atomic E-state index is 5.86. The lowest BCUT2D eigenvalue weighted by molar-refractivity contribution is -0.102. The molecule has 1 heterocycles. The molecule has 112 valence electrons.